The van der Waals surface area contributed by atoms with Crippen molar-refractivity contribution in [3.05, 3.63) is 54.6 Å². The summed E-state index contributed by atoms with van der Waals surface area (Å²) in [4.78, 5) is 0. The number of hydrogen-bond acceptors (Lipinski definition) is 1. The van der Waals surface area contributed by atoms with Gasteiger partial charge in [-0.1, -0.05) is 48.5 Å². The highest BCUT2D eigenvalue weighted by Gasteiger charge is 2.10. The molecule has 18 heavy (non-hydrogen) atoms. The molecule has 0 atom stereocenters. The van der Waals surface area contributed by atoms with E-state index < -0.39 is 0 Å². The summed E-state index contributed by atoms with van der Waals surface area (Å²) in [6, 6.07) is 19.0. The molecule has 0 fully saturated rings. The Labute approximate surface area is 105 Å². The standard InChI is InChI=1S/C16H11BO/c17-14-7-3-6-12-13-9-8-10-4-1-2-5-11(10)15(13)18-16(12)14/h1-9H,17H2. The van der Waals surface area contributed by atoms with Gasteiger partial charge in [0.1, 0.15) is 19.0 Å². The van der Waals surface area contributed by atoms with Gasteiger partial charge < -0.3 is 4.42 Å². The van der Waals surface area contributed by atoms with Crippen molar-refractivity contribution in [1.29, 1.82) is 0 Å². The SMILES string of the molecule is Bc1cccc2c1oc1c3ccccc3ccc21. The molecule has 84 valence electrons. The highest BCUT2D eigenvalue weighted by Crippen LogP contribution is 2.32. The van der Waals surface area contributed by atoms with E-state index in [1.165, 1.54) is 27.0 Å². The van der Waals surface area contributed by atoms with Crippen molar-refractivity contribution in [3.63, 3.8) is 0 Å². The number of rotatable bonds is 0. The molecular formula is C16H11BO. The lowest BCUT2D eigenvalue weighted by Gasteiger charge is -1.97. The second-order valence-corrected chi connectivity index (χ2v) is 4.72. The van der Waals surface area contributed by atoms with Crippen LogP contribution in [0, 0.1) is 0 Å². The van der Waals surface area contributed by atoms with Crippen molar-refractivity contribution in [2.24, 2.45) is 0 Å². The molecule has 0 unspecified atom stereocenters. The molecule has 3 aromatic carbocycles. The second-order valence-electron chi connectivity index (χ2n) is 4.72. The zero-order valence-corrected chi connectivity index (χ0v) is 10.1. The van der Waals surface area contributed by atoms with Crippen LogP contribution in [0.3, 0.4) is 0 Å². The molecule has 1 nitrogen and oxygen atoms in total. The molecule has 0 radical (unpaired) electrons. The first-order valence-corrected chi connectivity index (χ1v) is 6.14. The van der Waals surface area contributed by atoms with Crippen molar-refractivity contribution in [1.82, 2.24) is 0 Å². The average Bonchev–Trinajstić information content (AvgIpc) is 2.79. The molecule has 4 rings (SSSR count). The van der Waals surface area contributed by atoms with Gasteiger partial charge in [-0.05, 0) is 16.9 Å². The van der Waals surface area contributed by atoms with E-state index in [0.29, 0.717) is 0 Å². The predicted molar refractivity (Wildman–Crippen MR) is 79.4 cm³/mol. The lowest BCUT2D eigenvalue weighted by Crippen LogP contribution is -2.00. The van der Waals surface area contributed by atoms with Gasteiger partial charge in [-0.25, -0.2) is 0 Å². The smallest absolute Gasteiger partial charge is 0.144 e. The van der Waals surface area contributed by atoms with Crippen molar-refractivity contribution >= 4 is 46.0 Å². The molecule has 0 aliphatic heterocycles. The van der Waals surface area contributed by atoms with Crippen LogP contribution in [-0.4, -0.2) is 7.85 Å². The van der Waals surface area contributed by atoms with Crippen LogP contribution in [0.4, 0.5) is 0 Å². The quantitative estimate of drug-likeness (QED) is 0.423. The maximum absolute atomic E-state index is 6.10. The number of hydrogen-bond donors (Lipinski definition) is 0. The Morgan fingerprint density at radius 3 is 2.39 bits per heavy atom. The zero-order valence-electron chi connectivity index (χ0n) is 10.1. The molecule has 4 aromatic rings. The fourth-order valence-electron chi connectivity index (χ4n) is 2.67. The van der Waals surface area contributed by atoms with E-state index >= 15 is 0 Å². The van der Waals surface area contributed by atoms with E-state index in [-0.39, 0.29) is 0 Å². The maximum Gasteiger partial charge on any atom is 0.144 e. The molecule has 0 N–H and O–H groups in total. The molecule has 0 bridgehead atoms. The molecule has 0 saturated heterocycles. The minimum Gasteiger partial charge on any atom is -0.456 e. The van der Waals surface area contributed by atoms with Gasteiger partial charge in [0, 0.05) is 16.2 Å². The summed E-state index contributed by atoms with van der Waals surface area (Å²) in [6.07, 6.45) is 0. The molecule has 0 saturated carbocycles. The van der Waals surface area contributed by atoms with Crippen LogP contribution in [0.1, 0.15) is 0 Å². The highest BCUT2D eigenvalue weighted by atomic mass is 16.3. The van der Waals surface area contributed by atoms with Crippen molar-refractivity contribution in [2.45, 2.75) is 0 Å². The molecule has 1 aromatic heterocycles. The van der Waals surface area contributed by atoms with E-state index in [1.54, 1.807) is 0 Å². The average molecular weight is 230 g/mol. The second kappa shape index (κ2) is 3.39. The molecule has 0 spiro atoms. The van der Waals surface area contributed by atoms with Crippen molar-refractivity contribution in [3.8, 4) is 0 Å². The van der Waals surface area contributed by atoms with Gasteiger partial charge in [-0.15, -0.1) is 0 Å². The maximum atomic E-state index is 6.10. The van der Waals surface area contributed by atoms with Gasteiger partial charge in [0.05, 0.1) is 0 Å². The summed E-state index contributed by atoms with van der Waals surface area (Å²) in [5.41, 5.74) is 3.19. The van der Waals surface area contributed by atoms with Crippen LogP contribution in [-0.2, 0) is 0 Å². The van der Waals surface area contributed by atoms with Crippen molar-refractivity contribution in [2.75, 3.05) is 0 Å². The fraction of sp³-hybridized carbons (Fsp3) is 0. The summed E-state index contributed by atoms with van der Waals surface area (Å²) < 4.78 is 6.10. The van der Waals surface area contributed by atoms with Crippen molar-refractivity contribution < 1.29 is 4.42 Å². The first-order chi connectivity index (χ1) is 8.84. The lowest BCUT2D eigenvalue weighted by atomic mass is 9.94. The minimum atomic E-state index is 0.998. The predicted octanol–water partition coefficient (Wildman–Crippen LogP) is 3.00. The van der Waals surface area contributed by atoms with E-state index in [0.717, 1.165) is 11.2 Å². The Bertz CT molecular complexity index is 889. The van der Waals surface area contributed by atoms with E-state index in [1.807, 2.05) is 0 Å². The van der Waals surface area contributed by atoms with Crippen LogP contribution in [0.25, 0.3) is 32.7 Å². The highest BCUT2D eigenvalue weighted by molar-refractivity contribution is 6.39. The van der Waals surface area contributed by atoms with E-state index in [4.69, 9.17) is 4.42 Å². The molecule has 2 heteroatoms. The lowest BCUT2D eigenvalue weighted by molar-refractivity contribution is 0.675. The molecule has 0 aliphatic rings. The van der Waals surface area contributed by atoms with E-state index in [9.17, 15) is 0 Å². The van der Waals surface area contributed by atoms with Crippen LogP contribution in [0.15, 0.2) is 59.0 Å². The Morgan fingerprint density at radius 1 is 0.667 bits per heavy atom. The third-order valence-electron chi connectivity index (χ3n) is 3.59. The summed E-state index contributed by atoms with van der Waals surface area (Å²) in [5, 5.41) is 4.82. The number of para-hydroxylation sites is 1. The van der Waals surface area contributed by atoms with Gasteiger partial charge in [0.15, 0.2) is 0 Å². The van der Waals surface area contributed by atoms with Gasteiger partial charge in [0.2, 0.25) is 0 Å². The Kier molecular flexibility index (Phi) is 1.84. The first kappa shape index (κ1) is 9.78. The van der Waals surface area contributed by atoms with Crippen LogP contribution in [0.5, 0.6) is 0 Å². The van der Waals surface area contributed by atoms with Crippen LogP contribution < -0.4 is 5.46 Å². The number of fused-ring (bicyclic) bond motifs is 5. The fourth-order valence-corrected chi connectivity index (χ4v) is 2.67. The van der Waals surface area contributed by atoms with Gasteiger partial charge in [0.25, 0.3) is 0 Å². The molecule has 0 aliphatic carbocycles. The Balaban J connectivity index is 2.33. The first-order valence-electron chi connectivity index (χ1n) is 6.14. The third kappa shape index (κ3) is 1.18. The van der Waals surface area contributed by atoms with Crippen LogP contribution in [0.2, 0.25) is 0 Å². The summed E-state index contributed by atoms with van der Waals surface area (Å²) >= 11 is 0. The largest absolute Gasteiger partial charge is 0.456 e. The minimum absolute atomic E-state index is 0.998. The Morgan fingerprint density at radius 2 is 1.44 bits per heavy atom. The monoisotopic (exact) mass is 230 g/mol. The topological polar surface area (TPSA) is 13.1 Å². The molecular weight excluding hydrogens is 219 g/mol. The summed E-state index contributed by atoms with van der Waals surface area (Å²) in [7, 11) is 2.09. The van der Waals surface area contributed by atoms with Gasteiger partial charge in [-0.3, -0.25) is 0 Å². The summed E-state index contributed by atoms with van der Waals surface area (Å²) in [5.74, 6) is 0. The number of benzene rings is 3. The third-order valence-corrected chi connectivity index (χ3v) is 3.59. The number of furan rings is 1. The Hall–Kier alpha value is -2.22. The van der Waals surface area contributed by atoms with Gasteiger partial charge >= 0.3 is 0 Å². The normalized spacial score (nSPS) is 11.6. The van der Waals surface area contributed by atoms with Crippen LogP contribution >= 0.6 is 0 Å². The molecule has 1 heterocycles. The van der Waals surface area contributed by atoms with Gasteiger partial charge in [-0.2, -0.15) is 0 Å². The van der Waals surface area contributed by atoms with E-state index in [2.05, 4.69) is 62.4 Å². The summed E-state index contributed by atoms with van der Waals surface area (Å²) in [6.45, 7) is 0. The molecule has 0 amide bonds. The zero-order chi connectivity index (χ0) is 12.1.